The number of aromatic hydroxyl groups is 1. The van der Waals surface area contributed by atoms with Crippen molar-refractivity contribution in [3.05, 3.63) is 42.2 Å². The molecule has 1 aromatic heterocycles. The summed E-state index contributed by atoms with van der Waals surface area (Å²) < 4.78 is 1.83. The molecule has 4 heteroatoms. The zero-order valence-electron chi connectivity index (χ0n) is 8.51. The van der Waals surface area contributed by atoms with Crippen molar-refractivity contribution in [3.63, 3.8) is 0 Å². The lowest BCUT2D eigenvalue weighted by Gasteiger charge is -2.06. The van der Waals surface area contributed by atoms with Gasteiger partial charge in [-0.3, -0.25) is 4.68 Å². The van der Waals surface area contributed by atoms with E-state index >= 15 is 0 Å². The Labute approximate surface area is 88.2 Å². The normalized spacial score (nSPS) is 10.2. The Hall–Kier alpha value is -1.97. The van der Waals surface area contributed by atoms with Crippen LogP contribution < -0.4 is 5.32 Å². The van der Waals surface area contributed by atoms with Crippen molar-refractivity contribution in [2.45, 2.75) is 6.54 Å². The first-order chi connectivity index (χ1) is 7.25. The Balaban J connectivity index is 1.99. The van der Waals surface area contributed by atoms with E-state index in [-0.39, 0.29) is 5.75 Å². The number of phenolic OH excluding ortho intramolecular Hbond substituents is 1. The summed E-state index contributed by atoms with van der Waals surface area (Å²) in [6.07, 6.45) is 1.77. The molecular formula is C11H13N3O. The molecule has 4 nitrogen and oxygen atoms in total. The minimum Gasteiger partial charge on any atom is -0.508 e. The number of nitrogens with one attached hydrogen (secondary N) is 1. The second kappa shape index (κ2) is 4.04. The Morgan fingerprint density at radius 1 is 1.27 bits per heavy atom. The lowest BCUT2D eigenvalue weighted by atomic mass is 10.3. The van der Waals surface area contributed by atoms with Crippen molar-refractivity contribution >= 4 is 5.69 Å². The minimum atomic E-state index is 0.279. The number of anilines is 1. The minimum absolute atomic E-state index is 0.279. The van der Waals surface area contributed by atoms with E-state index in [4.69, 9.17) is 5.11 Å². The SMILES string of the molecule is Cn1nccc1CNc1ccc(O)cc1. The second-order valence-electron chi connectivity index (χ2n) is 3.35. The predicted molar refractivity (Wildman–Crippen MR) is 58.6 cm³/mol. The van der Waals surface area contributed by atoms with E-state index in [0.717, 1.165) is 17.9 Å². The zero-order valence-corrected chi connectivity index (χ0v) is 8.51. The van der Waals surface area contributed by atoms with E-state index in [1.807, 2.05) is 29.9 Å². The van der Waals surface area contributed by atoms with Crippen LogP contribution >= 0.6 is 0 Å². The Kier molecular flexibility index (Phi) is 2.58. The highest BCUT2D eigenvalue weighted by Crippen LogP contribution is 2.14. The van der Waals surface area contributed by atoms with Gasteiger partial charge in [-0.15, -0.1) is 0 Å². The van der Waals surface area contributed by atoms with E-state index in [0.29, 0.717) is 0 Å². The van der Waals surface area contributed by atoms with Crippen molar-refractivity contribution in [2.75, 3.05) is 5.32 Å². The van der Waals surface area contributed by atoms with Gasteiger partial charge in [0, 0.05) is 18.9 Å². The van der Waals surface area contributed by atoms with Gasteiger partial charge in [0.2, 0.25) is 0 Å². The average Bonchev–Trinajstić information content (AvgIpc) is 2.63. The predicted octanol–water partition coefficient (Wildman–Crippen LogP) is 1.74. The summed E-state index contributed by atoms with van der Waals surface area (Å²) in [5.74, 6) is 0.279. The number of aryl methyl sites for hydroxylation is 1. The smallest absolute Gasteiger partial charge is 0.115 e. The molecule has 0 spiro atoms. The first-order valence-corrected chi connectivity index (χ1v) is 4.75. The lowest BCUT2D eigenvalue weighted by molar-refractivity contribution is 0.475. The highest BCUT2D eigenvalue weighted by molar-refractivity contribution is 5.46. The highest BCUT2D eigenvalue weighted by atomic mass is 16.3. The maximum absolute atomic E-state index is 9.11. The van der Waals surface area contributed by atoms with E-state index in [9.17, 15) is 0 Å². The number of rotatable bonds is 3. The molecule has 0 radical (unpaired) electrons. The molecule has 2 N–H and O–H groups in total. The molecule has 1 aromatic carbocycles. The maximum atomic E-state index is 9.11. The summed E-state index contributed by atoms with van der Waals surface area (Å²) in [5, 5.41) is 16.4. The van der Waals surface area contributed by atoms with Gasteiger partial charge in [-0.25, -0.2) is 0 Å². The van der Waals surface area contributed by atoms with Crippen molar-refractivity contribution in [3.8, 4) is 5.75 Å². The number of hydrogen-bond donors (Lipinski definition) is 2. The summed E-state index contributed by atoms with van der Waals surface area (Å²) >= 11 is 0. The summed E-state index contributed by atoms with van der Waals surface area (Å²) in [4.78, 5) is 0. The van der Waals surface area contributed by atoms with Crippen LogP contribution in [0.4, 0.5) is 5.69 Å². The molecule has 2 aromatic rings. The third-order valence-corrected chi connectivity index (χ3v) is 2.26. The van der Waals surface area contributed by atoms with Gasteiger partial charge in [0.1, 0.15) is 5.75 Å². The van der Waals surface area contributed by atoms with Gasteiger partial charge in [-0.05, 0) is 30.3 Å². The molecular weight excluding hydrogens is 190 g/mol. The molecule has 0 unspecified atom stereocenters. The van der Waals surface area contributed by atoms with Crippen LogP contribution in [0.15, 0.2) is 36.5 Å². The van der Waals surface area contributed by atoms with Crippen molar-refractivity contribution in [1.29, 1.82) is 0 Å². The van der Waals surface area contributed by atoms with Crippen LogP contribution in [-0.2, 0) is 13.6 Å². The Morgan fingerprint density at radius 3 is 2.60 bits per heavy atom. The van der Waals surface area contributed by atoms with Crippen molar-refractivity contribution < 1.29 is 5.11 Å². The van der Waals surface area contributed by atoms with Crippen LogP contribution in [0.1, 0.15) is 5.69 Å². The number of hydrogen-bond acceptors (Lipinski definition) is 3. The van der Waals surface area contributed by atoms with Crippen LogP contribution in [0.5, 0.6) is 5.75 Å². The van der Waals surface area contributed by atoms with Crippen LogP contribution in [-0.4, -0.2) is 14.9 Å². The number of benzene rings is 1. The molecule has 0 bridgehead atoms. The topological polar surface area (TPSA) is 50.1 Å². The maximum Gasteiger partial charge on any atom is 0.115 e. The van der Waals surface area contributed by atoms with Gasteiger partial charge < -0.3 is 10.4 Å². The van der Waals surface area contributed by atoms with Crippen LogP contribution in [0.3, 0.4) is 0 Å². The van der Waals surface area contributed by atoms with Crippen molar-refractivity contribution in [2.24, 2.45) is 7.05 Å². The van der Waals surface area contributed by atoms with E-state index in [2.05, 4.69) is 10.4 Å². The van der Waals surface area contributed by atoms with Crippen LogP contribution in [0.25, 0.3) is 0 Å². The molecule has 0 saturated heterocycles. The quantitative estimate of drug-likeness (QED) is 0.747. The van der Waals surface area contributed by atoms with E-state index in [1.54, 1.807) is 18.3 Å². The van der Waals surface area contributed by atoms with Crippen LogP contribution in [0.2, 0.25) is 0 Å². The largest absolute Gasteiger partial charge is 0.508 e. The molecule has 0 saturated carbocycles. The fourth-order valence-corrected chi connectivity index (χ4v) is 1.35. The summed E-state index contributed by atoms with van der Waals surface area (Å²) in [6, 6.07) is 8.96. The van der Waals surface area contributed by atoms with Gasteiger partial charge in [0.05, 0.1) is 12.2 Å². The standard InChI is InChI=1S/C11H13N3O/c1-14-10(6-7-13-14)8-12-9-2-4-11(15)5-3-9/h2-7,12,15H,8H2,1H3. The third kappa shape index (κ3) is 2.28. The summed E-state index contributed by atoms with van der Waals surface area (Å²) in [7, 11) is 1.91. The lowest BCUT2D eigenvalue weighted by Crippen LogP contribution is -2.05. The average molecular weight is 203 g/mol. The summed E-state index contributed by atoms with van der Waals surface area (Å²) in [5.41, 5.74) is 2.09. The molecule has 2 rings (SSSR count). The van der Waals surface area contributed by atoms with E-state index < -0.39 is 0 Å². The number of nitrogens with zero attached hydrogens (tertiary/aromatic N) is 2. The molecule has 0 atom stereocenters. The molecule has 1 heterocycles. The first-order valence-electron chi connectivity index (χ1n) is 4.75. The second-order valence-corrected chi connectivity index (χ2v) is 3.35. The molecule has 78 valence electrons. The zero-order chi connectivity index (χ0) is 10.7. The molecule has 0 aliphatic rings. The monoisotopic (exact) mass is 203 g/mol. The Bertz CT molecular complexity index is 433. The van der Waals surface area contributed by atoms with E-state index in [1.165, 1.54) is 0 Å². The number of aromatic nitrogens is 2. The van der Waals surface area contributed by atoms with Crippen molar-refractivity contribution in [1.82, 2.24) is 9.78 Å². The summed E-state index contributed by atoms with van der Waals surface area (Å²) in [6.45, 7) is 0.723. The third-order valence-electron chi connectivity index (χ3n) is 2.26. The van der Waals surface area contributed by atoms with Gasteiger partial charge >= 0.3 is 0 Å². The fourth-order valence-electron chi connectivity index (χ4n) is 1.35. The molecule has 0 amide bonds. The molecule has 0 aliphatic carbocycles. The molecule has 0 fully saturated rings. The highest BCUT2D eigenvalue weighted by Gasteiger charge is 1.97. The van der Waals surface area contributed by atoms with Gasteiger partial charge in [0.15, 0.2) is 0 Å². The van der Waals surface area contributed by atoms with Gasteiger partial charge in [-0.2, -0.15) is 5.10 Å². The van der Waals surface area contributed by atoms with Gasteiger partial charge in [-0.1, -0.05) is 0 Å². The number of phenols is 1. The van der Waals surface area contributed by atoms with Gasteiger partial charge in [0.25, 0.3) is 0 Å². The molecule has 0 aliphatic heterocycles. The molecule has 15 heavy (non-hydrogen) atoms. The first kappa shape index (κ1) is 9.58. The fraction of sp³-hybridized carbons (Fsp3) is 0.182. The van der Waals surface area contributed by atoms with Crippen LogP contribution in [0, 0.1) is 0 Å². The Morgan fingerprint density at radius 2 is 2.00 bits per heavy atom.